The van der Waals surface area contributed by atoms with Crippen molar-refractivity contribution in [2.24, 2.45) is 5.41 Å². The summed E-state index contributed by atoms with van der Waals surface area (Å²) >= 11 is 1.30. The Morgan fingerprint density at radius 1 is 1.77 bits per heavy atom. The first-order valence-electron chi connectivity index (χ1n) is 4.39. The highest BCUT2D eigenvalue weighted by Crippen LogP contribution is 2.25. The zero-order chi connectivity index (χ0) is 9.15. The topological polar surface area (TPSA) is 47.0 Å². The van der Waals surface area contributed by atoms with Crippen molar-refractivity contribution in [2.75, 3.05) is 19.7 Å². The van der Waals surface area contributed by atoms with Crippen LogP contribution in [0.25, 0.3) is 0 Å². The second-order valence-corrected chi connectivity index (χ2v) is 4.48. The van der Waals surface area contributed by atoms with E-state index in [4.69, 9.17) is 4.74 Å². The minimum atomic E-state index is 0.270. The zero-order valence-electron chi connectivity index (χ0n) is 7.62. The SMILES string of the molecule is CC1(COc2ncns2)CCNC1. The summed E-state index contributed by atoms with van der Waals surface area (Å²) in [6.45, 7) is 5.09. The average molecular weight is 199 g/mol. The monoisotopic (exact) mass is 199 g/mol. The summed E-state index contributed by atoms with van der Waals surface area (Å²) in [7, 11) is 0. The van der Waals surface area contributed by atoms with E-state index < -0.39 is 0 Å². The maximum Gasteiger partial charge on any atom is 0.292 e. The number of ether oxygens (including phenoxy) is 1. The number of nitrogens with zero attached hydrogens (tertiary/aromatic N) is 2. The molecular formula is C8H13N3OS. The third-order valence-corrected chi connectivity index (χ3v) is 2.92. The van der Waals surface area contributed by atoms with Crippen molar-refractivity contribution in [3.8, 4) is 5.19 Å². The molecular weight excluding hydrogens is 186 g/mol. The molecule has 1 aromatic heterocycles. The fraction of sp³-hybridized carbons (Fsp3) is 0.750. The molecule has 0 bridgehead atoms. The first-order valence-corrected chi connectivity index (χ1v) is 5.16. The third-order valence-electron chi connectivity index (χ3n) is 2.34. The molecule has 2 rings (SSSR count). The van der Waals surface area contributed by atoms with Crippen LogP contribution in [-0.2, 0) is 0 Å². The number of nitrogens with one attached hydrogen (secondary N) is 1. The van der Waals surface area contributed by atoms with Crippen molar-refractivity contribution in [3.05, 3.63) is 6.33 Å². The summed E-state index contributed by atoms with van der Waals surface area (Å²) in [4.78, 5) is 3.97. The quantitative estimate of drug-likeness (QED) is 0.786. The van der Waals surface area contributed by atoms with Gasteiger partial charge < -0.3 is 10.1 Å². The first-order chi connectivity index (χ1) is 6.29. The molecule has 2 heterocycles. The predicted octanol–water partition coefficient (Wildman–Crippen LogP) is 0.916. The van der Waals surface area contributed by atoms with Crippen LogP contribution in [0.1, 0.15) is 13.3 Å². The molecule has 72 valence electrons. The second-order valence-electron chi connectivity index (χ2n) is 3.73. The van der Waals surface area contributed by atoms with E-state index in [2.05, 4.69) is 21.6 Å². The van der Waals surface area contributed by atoms with Crippen molar-refractivity contribution >= 4 is 11.5 Å². The highest BCUT2D eigenvalue weighted by atomic mass is 32.1. The van der Waals surface area contributed by atoms with Crippen molar-refractivity contribution in [2.45, 2.75) is 13.3 Å². The third kappa shape index (κ3) is 2.16. The van der Waals surface area contributed by atoms with Crippen LogP contribution in [0.3, 0.4) is 0 Å². The Labute approximate surface area is 81.5 Å². The molecule has 5 heteroatoms. The fourth-order valence-corrected chi connectivity index (χ4v) is 1.84. The minimum absolute atomic E-state index is 0.270. The van der Waals surface area contributed by atoms with E-state index >= 15 is 0 Å². The maximum absolute atomic E-state index is 5.54. The molecule has 1 unspecified atom stereocenters. The van der Waals surface area contributed by atoms with E-state index in [1.165, 1.54) is 24.3 Å². The normalized spacial score (nSPS) is 27.8. The Morgan fingerprint density at radius 2 is 2.69 bits per heavy atom. The van der Waals surface area contributed by atoms with Gasteiger partial charge in [0.25, 0.3) is 5.19 Å². The molecule has 1 aliphatic heterocycles. The molecule has 1 saturated heterocycles. The molecule has 1 N–H and O–H groups in total. The Morgan fingerprint density at radius 3 is 3.31 bits per heavy atom. The summed E-state index contributed by atoms with van der Waals surface area (Å²) in [6, 6.07) is 0. The van der Waals surface area contributed by atoms with Gasteiger partial charge in [-0.3, -0.25) is 0 Å². The van der Waals surface area contributed by atoms with E-state index in [0.717, 1.165) is 19.7 Å². The van der Waals surface area contributed by atoms with E-state index in [1.54, 1.807) is 0 Å². The second kappa shape index (κ2) is 3.59. The van der Waals surface area contributed by atoms with Gasteiger partial charge in [-0.1, -0.05) is 6.92 Å². The van der Waals surface area contributed by atoms with Crippen molar-refractivity contribution in [1.29, 1.82) is 0 Å². The minimum Gasteiger partial charge on any atom is -0.468 e. The van der Waals surface area contributed by atoms with Crippen LogP contribution in [0.5, 0.6) is 5.19 Å². The molecule has 0 aromatic carbocycles. The largest absolute Gasteiger partial charge is 0.468 e. The molecule has 1 aliphatic rings. The highest BCUT2D eigenvalue weighted by Gasteiger charge is 2.29. The smallest absolute Gasteiger partial charge is 0.292 e. The van der Waals surface area contributed by atoms with Crippen LogP contribution in [0.2, 0.25) is 0 Å². The Bertz CT molecular complexity index is 256. The molecule has 4 nitrogen and oxygen atoms in total. The van der Waals surface area contributed by atoms with Gasteiger partial charge in [-0.2, -0.15) is 9.36 Å². The van der Waals surface area contributed by atoms with Gasteiger partial charge in [0.1, 0.15) is 6.33 Å². The van der Waals surface area contributed by atoms with Crippen molar-refractivity contribution in [1.82, 2.24) is 14.7 Å². The van der Waals surface area contributed by atoms with E-state index in [9.17, 15) is 0 Å². The molecule has 0 amide bonds. The summed E-state index contributed by atoms with van der Waals surface area (Å²) in [5, 5.41) is 4.00. The van der Waals surface area contributed by atoms with Gasteiger partial charge in [-0.15, -0.1) is 0 Å². The number of hydrogen-bond donors (Lipinski definition) is 1. The Kier molecular flexibility index (Phi) is 2.46. The lowest BCUT2D eigenvalue weighted by atomic mass is 9.91. The highest BCUT2D eigenvalue weighted by molar-refractivity contribution is 7.07. The van der Waals surface area contributed by atoms with Crippen molar-refractivity contribution < 1.29 is 4.74 Å². The van der Waals surface area contributed by atoms with Gasteiger partial charge in [0.2, 0.25) is 0 Å². The van der Waals surface area contributed by atoms with Gasteiger partial charge in [-0.25, -0.2) is 0 Å². The van der Waals surface area contributed by atoms with Crippen molar-refractivity contribution in [3.63, 3.8) is 0 Å². The molecule has 0 aliphatic carbocycles. The van der Waals surface area contributed by atoms with Crippen LogP contribution >= 0.6 is 11.5 Å². The molecule has 1 aromatic rings. The van der Waals surface area contributed by atoms with Crippen LogP contribution in [0, 0.1) is 5.41 Å². The Balaban J connectivity index is 1.85. The first kappa shape index (κ1) is 8.90. The van der Waals surface area contributed by atoms with Gasteiger partial charge in [0, 0.05) is 23.5 Å². The van der Waals surface area contributed by atoms with Crippen LogP contribution in [-0.4, -0.2) is 29.1 Å². The summed E-state index contributed by atoms with van der Waals surface area (Å²) < 4.78 is 9.42. The number of hydrogen-bond acceptors (Lipinski definition) is 5. The summed E-state index contributed by atoms with van der Waals surface area (Å²) in [5.74, 6) is 0. The number of aromatic nitrogens is 2. The molecule has 13 heavy (non-hydrogen) atoms. The van der Waals surface area contributed by atoms with Gasteiger partial charge in [-0.05, 0) is 13.0 Å². The fourth-order valence-electron chi connectivity index (χ4n) is 1.45. The lowest BCUT2D eigenvalue weighted by molar-refractivity contribution is 0.180. The van der Waals surface area contributed by atoms with Gasteiger partial charge in [0.15, 0.2) is 0 Å². The standard InChI is InChI=1S/C8H13N3OS/c1-8(2-3-9-4-8)5-12-7-10-6-11-13-7/h6,9H,2-5H2,1H3. The van der Waals surface area contributed by atoms with E-state index in [0.29, 0.717) is 5.19 Å². The molecule has 0 radical (unpaired) electrons. The van der Waals surface area contributed by atoms with Crippen LogP contribution < -0.4 is 10.1 Å². The lowest BCUT2D eigenvalue weighted by Gasteiger charge is -2.21. The number of rotatable bonds is 3. The summed E-state index contributed by atoms with van der Waals surface area (Å²) in [5.41, 5.74) is 0.270. The lowest BCUT2D eigenvalue weighted by Crippen LogP contribution is -2.27. The average Bonchev–Trinajstić information content (AvgIpc) is 2.72. The molecule has 0 saturated carbocycles. The van der Waals surface area contributed by atoms with E-state index in [1.807, 2.05) is 0 Å². The van der Waals surface area contributed by atoms with Crippen LogP contribution in [0.15, 0.2) is 6.33 Å². The molecule has 0 spiro atoms. The Hall–Kier alpha value is -0.680. The van der Waals surface area contributed by atoms with Gasteiger partial charge in [0.05, 0.1) is 6.61 Å². The van der Waals surface area contributed by atoms with Gasteiger partial charge >= 0.3 is 0 Å². The van der Waals surface area contributed by atoms with Crippen LogP contribution in [0.4, 0.5) is 0 Å². The molecule has 1 atom stereocenters. The predicted molar refractivity (Wildman–Crippen MR) is 51.0 cm³/mol. The zero-order valence-corrected chi connectivity index (χ0v) is 8.43. The van der Waals surface area contributed by atoms with E-state index in [-0.39, 0.29) is 5.41 Å². The maximum atomic E-state index is 5.54. The summed E-state index contributed by atoms with van der Waals surface area (Å²) in [6.07, 6.45) is 2.70. The molecule has 1 fully saturated rings.